The minimum atomic E-state index is -4.09. The van der Waals surface area contributed by atoms with E-state index >= 15 is 0 Å². The molecule has 1 aliphatic heterocycles. The van der Waals surface area contributed by atoms with Gasteiger partial charge in [0.15, 0.2) is 0 Å². The van der Waals surface area contributed by atoms with Crippen molar-refractivity contribution < 1.29 is 13.2 Å². The predicted octanol–water partition coefficient (Wildman–Crippen LogP) is 9.06. The fraction of sp³-hybridized carbons (Fsp3) is 0.311. The van der Waals surface area contributed by atoms with Crippen molar-refractivity contribution in [2.45, 2.75) is 48.6 Å². The number of hydrogen-bond acceptors (Lipinski definition) is 8. The number of anilines is 2. The lowest BCUT2D eigenvalue weighted by Gasteiger charge is -2.36. The number of rotatable bonds is 17. The molecule has 0 bridgehead atoms. The Kier molecular flexibility index (Phi) is 14.5. The maximum atomic E-state index is 13.4. The van der Waals surface area contributed by atoms with E-state index in [1.54, 1.807) is 30.3 Å². The van der Waals surface area contributed by atoms with Crippen LogP contribution in [0.5, 0.6) is 0 Å². The Hall–Kier alpha value is -4.32. The standard InChI is InChI=1S/C45H52ClN5O3S2/c1-34-31-42(24-25-44(34)47-39(12-9-10-26-49(2)3)33-55-41-13-5-4-6-14-41)56(53,54)48-45(52)36-18-22-40(23-19-36)51-29-27-50(28-30-51)32-37-11-7-8-15-43(37)35-16-20-38(46)21-17-35/h4-8,11,13-25,31,39,47H,9-10,12,26-30,32-33H2,1-3H3,(H,48,52)/t39-/m1/s1. The second-order valence-electron chi connectivity index (χ2n) is 14.6. The molecule has 0 spiro atoms. The second kappa shape index (κ2) is 19.7. The SMILES string of the molecule is Cc1cc(S(=O)(=O)NC(=O)c2ccc(N3CCN(Cc4ccccc4-c4ccc(Cl)cc4)CC3)cc2)ccc1N[C@H](CCCCN(C)C)CSc1ccccc1. The van der Waals surface area contributed by atoms with Crippen LogP contribution in [0.15, 0.2) is 131 Å². The summed E-state index contributed by atoms with van der Waals surface area (Å²) in [6.45, 7) is 7.27. The molecule has 1 atom stereocenters. The van der Waals surface area contributed by atoms with Crippen molar-refractivity contribution >= 4 is 50.7 Å². The number of thioether (sulfide) groups is 1. The van der Waals surface area contributed by atoms with Crippen molar-refractivity contribution in [3.63, 3.8) is 0 Å². The van der Waals surface area contributed by atoms with Crippen molar-refractivity contribution in [1.29, 1.82) is 0 Å². The van der Waals surface area contributed by atoms with Crippen molar-refractivity contribution in [3.8, 4) is 11.1 Å². The predicted molar refractivity (Wildman–Crippen MR) is 234 cm³/mol. The summed E-state index contributed by atoms with van der Waals surface area (Å²) in [5, 5.41) is 4.41. The molecule has 0 radical (unpaired) electrons. The Bertz CT molecular complexity index is 2140. The summed E-state index contributed by atoms with van der Waals surface area (Å²) in [6.07, 6.45) is 3.20. The molecule has 0 unspecified atom stereocenters. The fourth-order valence-corrected chi connectivity index (χ4v) is 9.13. The first kappa shape index (κ1) is 41.3. The molecule has 8 nitrogen and oxygen atoms in total. The molecule has 5 aromatic rings. The van der Waals surface area contributed by atoms with Crippen LogP contribution in [0.25, 0.3) is 11.1 Å². The lowest BCUT2D eigenvalue weighted by Crippen LogP contribution is -2.46. The molecular formula is C45H52ClN5O3S2. The largest absolute Gasteiger partial charge is 0.381 e. The summed E-state index contributed by atoms with van der Waals surface area (Å²) < 4.78 is 29.1. The zero-order chi connectivity index (χ0) is 39.5. The highest BCUT2D eigenvalue weighted by atomic mass is 35.5. The highest BCUT2D eigenvalue weighted by Gasteiger charge is 2.22. The first-order chi connectivity index (χ1) is 27.0. The number of amides is 1. The number of aryl methyl sites for hydroxylation is 1. The number of hydrogen-bond donors (Lipinski definition) is 2. The Morgan fingerprint density at radius 1 is 0.839 bits per heavy atom. The molecule has 1 aliphatic rings. The van der Waals surface area contributed by atoms with Gasteiger partial charge >= 0.3 is 0 Å². The van der Waals surface area contributed by atoms with Gasteiger partial charge in [-0.2, -0.15) is 0 Å². The summed E-state index contributed by atoms with van der Waals surface area (Å²) in [5.74, 6) is 0.230. The van der Waals surface area contributed by atoms with Gasteiger partial charge in [-0.15, -0.1) is 11.8 Å². The van der Waals surface area contributed by atoms with E-state index in [4.69, 9.17) is 11.6 Å². The fourth-order valence-electron chi connectivity index (χ4n) is 6.95. The van der Waals surface area contributed by atoms with Crippen LogP contribution in [0, 0.1) is 6.92 Å². The molecule has 294 valence electrons. The molecule has 0 saturated carbocycles. The van der Waals surface area contributed by atoms with Crippen LogP contribution in [0.2, 0.25) is 5.02 Å². The monoisotopic (exact) mass is 809 g/mol. The summed E-state index contributed by atoms with van der Waals surface area (Å²) in [6, 6.07) is 39.2. The van der Waals surface area contributed by atoms with Gasteiger partial charge in [-0.25, -0.2) is 13.1 Å². The molecule has 1 heterocycles. The number of benzene rings is 5. The Balaban J connectivity index is 1.02. The molecule has 1 amide bonds. The number of nitrogens with zero attached hydrogens (tertiary/aromatic N) is 3. The van der Waals surface area contributed by atoms with Gasteiger partial charge in [-0.3, -0.25) is 9.69 Å². The van der Waals surface area contributed by atoms with Gasteiger partial charge in [0, 0.05) is 71.4 Å². The first-order valence-corrected chi connectivity index (χ1v) is 22.1. The van der Waals surface area contributed by atoms with Gasteiger partial charge in [0.05, 0.1) is 4.90 Å². The number of nitrogens with one attached hydrogen (secondary N) is 2. The maximum absolute atomic E-state index is 13.4. The van der Waals surface area contributed by atoms with Crippen molar-refractivity contribution in [2.75, 3.05) is 62.8 Å². The minimum Gasteiger partial charge on any atom is -0.381 e. The smallest absolute Gasteiger partial charge is 0.264 e. The van der Waals surface area contributed by atoms with Crippen LogP contribution in [0.3, 0.4) is 0 Å². The molecule has 11 heteroatoms. The summed E-state index contributed by atoms with van der Waals surface area (Å²) in [7, 11) is 0.0919. The van der Waals surface area contributed by atoms with Crippen LogP contribution in [-0.4, -0.2) is 82.7 Å². The average molecular weight is 811 g/mol. The van der Waals surface area contributed by atoms with Gasteiger partial charge < -0.3 is 15.1 Å². The Morgan fingerprint density at radius 3 is 2.23 bits per heavy atom. The molecule has 6 rings (SSSR count). The van der Waals surface area contributed by atoms with Crippen LogP contribution < -0.4 is 14.9 Å². The minimum absolute atomic E-state index is 0.0559. The molecule has 5 aromatic carbocycles. The molecule has 1 fully saturated rings. The van der Waals surface area contributed by atoms with E-state index in [9.17, 15) is 13.2 Å². The molecular weight excluding hydrogens is 758 g/mol. The van der Waals surface area contributed by atoms with E-state index in [0.29, 0.717) is 0 Å². The summed E-state index contributed by atoms with van der Waals surface area (Å²) in [5.41, 5.74) is 6.63. The van der Waals surface area contributed by atoms with Gasteiger partial charge in [-0.05, 0) is 129 Å². The lowest BCUT2D eigenvalue weighted by atomic mass is 9.99. The van der Waals surface area contributed by atoms with E-state index in [2.05, 4.69) is 87.4 Å². The van der Waals surface area contributed by atoms with Gasteiger partial charge in [0.25, 0.3) is 15.9 Å². The van der Waals surface area contributed by atoms with Crippen LogP contribution in [-0.2, 0) is 16.6 Å². The van der Waals surface area contributed by atoms with E-state index in [0.717, 1.165) is 91.8 Å². The van der Waals surface area contributed by atoms with Gasteiger partial charge in [0.2, 0.25) is 0 Å². The second-order valence-corrected chi connectivity index (χ2v) is 17.9. The molecule has 0 aromatic heterocycles. The number of piperazine rings is 1. The Morgan fingerprint density at radius 2 is 1.54 bits per heavy atom. The van der Waals surface area contributed by atoms with E-state index in [1.165, 1.54) is 16.0 Å². The maximum Gasteiger partial charge on any atom is 0.264 e. The van der Waals surface area contributed by atoms with Gasteiger partial charge in [-0.1, -0.05) is 72.6 Å². The number of carbonyl (C=O) groups is 1. The number of carbonyl (C=O) groups excluding carboxylic acids is 1. The lowest BCUT2D eigenvalue weighted by molar-refractivity contribution is 0.0981. The third-order valence-corrected chi connectivity index (χ3v) is 12.9. The van der Waals surface area contributed by atoms with E-state index < -0.39 is 15.9 Å². The van der Waals surface area contributed by atoms with E-state index in [-0.39, 0.29) is 16.5 Å². The Labute approximate surface area is 342 Å². The van der Waals surface area contributed by atoms with Crippen LogP contribution in [0.4, 0.5) is 11.4 Å². The first-order valence-electron chi connectivity index (χ1n) is 19.2. The molecule has 56 heavy (non-hydrogen) atoms. The van der Waals surface area contributed by atoms with Gasteiger partial charge in [0.1, 0.15) is 0 Å². The van der Waals surface area contributed by atoms with Crippen LogP contribution >= 0.6 is 23.4 Å². The number of halogens is 1. The quantitative estimate of drug-likeness (QED) is 0.0712. The third kappa shape index (κ3) is 11.6. The molecule has 2 N–H and O–H groups in total. The third-order valence-electron chi connectivity index (χ3n) is 10.1. The van der Waals surface area contributed by atoms with Crippen molar-refractivity contribution in [2.24, 2.45) is 0 Å². The van der Waals surface area contributed by atoms with E-state index in [1.807, 2.05) is 61.2 Å². The number of sulfonamides is 1. The highest BCUT2D eigenvalue weighted by Crippen LogP contribution is 2.28. The normalized spacial score (nSPS) is 14.1. The van der Waals surface area contributed by atoms with Crippen molar-refractivity contribution in [3.05, 3.63) is 143 Å². The number of unbranched alkanes of at least 4 members (excludes halogenated alkanes) is 1. The molecule has 1 saturated heterocycles. The summed E-state index contributed by atoms with van der Waals surface area (Å²) in [4.78, 5) is 21.4. The molecule has 0 aliphatic carbocycles. The van der Waals surface area contributed by atoms with Crippen molar-refractivity contribution in [1.82, 2.24) is 14.5 Å². The summed E-state index contributed by atoms with van der Waals surface area (Å²) >= 11 is 7.94. The average Bonchev–Trinajstić information content (AvgIpc) is 3.20. The highest BCUT2D eigenvalue weighted by molar-refractivity contribution is 7.99. The zero-order valence-electron chi connectivity index (χ0n) is 32.5. The topological polar surface area (TPSA) is 85.0 Å². The zero-order valence-corrected chi connectivity index (χ0v) is 34.8. The van der Waals surface area contributed by atoms with Crippen LogP contribution in [0.1, 0.15) is 40.7 Å².